The maximum absolute atomic E-state index is 13.4. The second-order valence-electron chi connectivity index (χ2n) is 6.84. The summed E-state index contributed by atoms with van der Waals surface area (Å²) in [4.78, 5) is 21.4. The first-order valence-electron chi connectivity index (χ1n) is 9.97. The van der Waals surface area contributed by atoms with Crippen LogP contribution < -0.4 is 10.6 Å². The molecular weight excluding hydrogens is 395 g/mol. The highest BCUT2D eigenvalue weighted by Crippen LogP contribution is 2.16. The van der Waals surface area contributed by atoms with E-state index >= 15 is 0 Å². The topological polar surface area (TPSA) is 76.1 Å². The van der Waals surface area contributed by atoms with Gasteiger partial charge >= 0.3 is 0 Å². The molecule has 0 fully saturated rings. The number of aromatic nitrogens is 2. The Balaban J connectivity index is 1.72. The van der Waals surface area contributed by atoms with Crippen molar-refractivity contribution in [2.24, 2.45) is 0 Å². The summed E-state index contributed by atoms with van der Waals surface area (Å²) in [6.45, 7) is 1.34. The van der Waals surface area contributed by atoms with Crippen molar-refractivity contribution in [1.82, 2.24) is 15.3 Å². The molecule has 0 bridgehead atoms. The zero-order valence-corrected chi connectivity index (χ0v) is 17.3. The third-order valence-corrected chi connectivity index (χ3v) is 4.48. The summed E-state index contributed by atoms with van der Waals surface area (Å²) in [6, 6.07) is 13.7. The van der Waals surface area contributed by atoms with Crippen LogP contribution in [-0.4, -0.2) is 36.1 Å². The Bertz CT molecular complexity index is 1030. The number of hydrogen-bond donors (Lipinski definition) is 2. The molecule has 6 nitrogen and oxygen atoms in total. The number of amides is 1. The Morgan fingerprint density at radius 1 is 1.16 bits per heavy atom. The molecule has 3 rings (SSSR count). The molecular formula is C24H25FN4O2. The molecule has 2 N–H and O–H groups in total. The van der Waals surface area contributed by atoms with Gasteiger partial charge in [0.15, 0.2) is 0 Å². The van der Waals surface area contributed by atoms with E-state index in [1.807, 2.05) is 30.4 Å². The van der Waals surface area contributed by atoms with Gasteiger partial charge in [0, 0.05) is 32.6 Å². The largest absolute Gasteiger partial charge is 0.381 e. The van der Waals surface area contributed by atoms with Crippen LogP contribution in [0.25, 0.3) is 6.08 Å². The number of halogens is 1. The zero-order chi connectivity index (χ0) is 21.9. The smallest absolute Gasteiger partial charge is 0.255 e. The molecule has 0 spiro atoms. The highest BCUT2D eigenvalue weighted by atomic mass is 19.1. The number of ether oxygens (including phenoxy) is 1. The molecule has 0 radical (unpaired) electrons. The van der Waals surface area contributed by atoms with Crippen LogP contribution in [0.5, 0.6) is 0 Å². The molecule has 7 heteroatoms. The van der Waals surface area contributed by atoms with Crippen LogP contribution in [0.4, 0.5) is 10.2 Å². The summed E-state index contributed by atoms with van der Waals surface area (Å²) in [7, 11) is 1.62. The highest BCUT2D eigenvalue weighted by molar-refractivity contribution is 5.98. The number of methoxy groups -OCH3 is 1. The van der Waals surface area contributed by atoms with Crippen molar-refractivity contribution in [1.29, 1.82) is 0 Å². The minimum absolute atomic E-state index is 0.239. The normalized spacial score (nSPS) is 10.9. The number of benzene rings is 1. The van der Waals surface area contributed by atoms with Crippen molar-refractivity contribution in [3.05, 3.63) is 95.2 Å². The Hall–Kier alpha value is -3.58. The van der Waals surface area contributed by atoms with E-state index in [2.05, 4.69) is 20.6 Å². The summed E-state index contributed by atoms with van der Waals surface area (Å²) in [5.41, 5.74) is 2.91. The van der Waals surface area contributed by atoms with E-state index in [1.165, 1.54) is 12.1 Å². The fraction of sp³-hybridized carbons (Fsp3) is 0.208. The Kier molecular flexibility index (Phi) is 8.25. The van der Waals surface area contributed by atoms with Gasteiger partial charge < -0.3 is 15.4 Å². The molecule has 0 aliphatic carbocycles. The van der Waals surface area contributed by atoms with Crippen LogP contribution >= 0.6 is 0 Å². The van der Waals surface area contributed by atoms with E-state index < -0.39 is 0 Å². The first-order chi connectivity index (χ1) is 15.2. The number of pyridine rings is 2. The molecule has 3 aromatic rings. The van der Waals surface area contributed by atoms with Crippen LogP contribution in [0.3, 0.4) is 0 Å². The first kappa shape index (κ1) is 22.1. The summed E-state index contributed by atoms with van der Waals surface area (Å²) >= 11 is 0. The predicted molar refractivity (Wildman–Crippen MR) is 119 cm³/mol. The summed E-state index contributed by atoms with van der Waals surface area (Å²) < 4.78 is 18.4. The van der Waals surface area contributed by atoms with Crippen molar-refractivity contribution in [2.45, 2.75) is 13.0 Å². The number of carbonyl (C=O) groups excluding carboxylic acids is 1. The molecule has 0 aliphatic rings. The molecule has 160 valence electrons. The van der Waals surface area contributed by atoms with Gasteiger partial charge in [-0.25, -0.2) is 9.37 Å². The van der Waals surface area contributed by atoms with E-state index in [1.54, 1.807) is 37.7 Å². The molecule has 1 aromatic carbocycles. The monoisotopic (exact) mass is 420 g/mol. The third kappa shape index (κ3) is 7.01. The van der Waals surface area contributed by atoms with Gasteiger partial charge in [0.25, 0.3) is 5.91 Å². The van der Waals surface area contributed by atoms with Gasteiger partial charge in [-0.15, -0.1) is 0 Å². The van der Waals surface area contributed by atoms with Gasteiger partial charge in [-0.3, -0.25) is 9.78 Å². The lowest BCUT2D eigenvalue weighted by Gasteiger charge is -2.13. The average Bonchev–Trinajstić information content (AvgIpc) is 2.79. The van der Waals surface area contributed by atoms with Crippen molar-refractivity contribution in [3.8, 4) is 0 Å². The van der Waals surface area contributed by atoms with Gasteiger partial charge in [-0.1, -0.05) is 24.3 Å². The fourth-order valence-electron chi connectivity index (χ4n) is 2.95. The minimum atomic E-state index is -0.267. The number of carbonyl (C=O) groups is 1. The van der Waals surface area contributed by atoms with E-state index in [-0.39, 0.29) is 11.7 Å². The van der Waals surface area contributed by atoms with Crippen LogP contribution in [0, 0.1) is 5.82 Å². The second-order valence-corrected chi connectivity index (χ2v) is 6.84. The second kappa shape index (κ2) is 11.6. The van der Waals surface area contributed by atoms with Crippen molar-refractivity contribution >= 4 is 17.8 Å². The predicted octanol–water partition coefficient (Wildman–Crippen LogP) is 3.86. The molecule has 0 aliphatic heterocycles. The number of hydrogen-bond acceptors (Lipinski definition) is 5. The van der Waals surface area contributed by atoms with Gasteiger partial charge in [0.1, 0.15) is 11.6 Å². The highest BCUT2D eigenvalue weighted by Gasteiger charge is 2.13. The molecule has 0 saturated carbocycles. The number of nitrogens with one attached hydrogen (secondary N) is 2. The minimum Gasteiger partial charge on any atom is -0.381 e. The number of nitrogens with zero attached hydrogens (tertiary/aromatic N) is 2. The van der Waals surface area contributed by atoms with Crippen LogP contribution in [-0.2, 0) is 17.7 Å². The van der Waals surface area contributed by atoms with Crippen LogP contribution in [0.2, 0.25) is 0 Å². The van der Waals surface area contributed by atoms with E-state index in [0.29, 0.717) is 43.2 Å². The van der Waals surface area contributed by atoms with Crippen molar-refractivity contribution in [2.75, 3.05) is 25.6 Å². The van der Waals surface area contributed by atoms with Crippen LogP contribution in [0.15, 0.2) is 67.0 Å². The molecule has 1 amide bonds. The Morgan fingerprint density at radius 2 is 2.03 bits per heavy atom. The molecule has 2 heterocycles. The maximum atomic E-state index is 13.4. The summed E-state index contributed by atoms with van der Waals surface area (Å²) in [5, 5.41) is 6.12. The van der Waals surface area contributed by atoms with E-state index in [9.17, 15) is 9.18 Å². The van der Waals surface area contributed by atoms with Gasteiger partial charge in [0.05, 0.1) is 17.9 Å². The SMILES string of the molecule is COCC=Cc1ccc(C(=O)NCc2cccnc2)c(NCCc2cccc(F)c2)n1. The van der Waals surface area contributed by atoms with Gasteiger partial charge in [-0.05, 0) is 54.0 Å². The third-order valence-electron chi connectivity index (χ3n) is 4.48. The number of anilines is 1. The van der Waals surface area contributed by atoms with Crippen LogP contribution in [0.1, 0.15) is 27.2 Å². The fourth-order valence-corrected chi connectivity index (χ4v) is 2.95. The Morgan fingerprint density at radius 3 is 2.81 bits per heavy atom. The molecule has 0 unspecified atom stereocenters. The molecule has 0 saturated heterocycles. The average molecular weight is 420 g/mol. The lowest BCUT2D eigenvalue weighted by atomic mass is 10.1. The first-order valence-corrected chi connectivity index (χ1v) is 9.97. The zero-order valence-electron chi connectivity index (χ0n) is 17.3. The molecule has 31 heavy (non-hydrogen) atoms. The lowest BCUT2D eigenvalue weighted by molar-refractivity contribution is 0.0951. The molecule has 2 aromatic heterocycles. The number of rotatable bonds is 10. The summed E-state index contributed by atoms with van der Waals surface area (Å²) in [6.07, 6.45) is 7.67. The maximum Gasteiger partial charge on any atom is 0.255 e. The van der Waals surface area contributed by atoms with Crippen molar-refractivity contribution in [3.63, 3.8) is 0 Å². The van der Waals surface area contributed by atoms with E-state index in [4.69, 9.17) is 4.74 Å². The van der Waals surface area contributed by atoms with Gasteiger partial charge in [-0.2, -0.15) is 0 Å². The van der Waals surface area contributed by atoms with E-state index in [0.717, 1.165) is 11.1 Å². The lowest BCUT2D eigenvalue weighted by Crippen LogP contribution is -2.25. The van der Waals surface area contributed by atoms with Crippen molar-refractivity contribution < 1.29 is 13.9 Å². The van der Waals surface area contributed by atoms with Gasteiger partial charge in [0.2, 0.25) is 0 Å². The Labute approximate surface area is 181 Å². The summed E-state index contributed by atoms with van der Waals surface area (Å²) in [5.74, 6) is -0.0342. The standard InChI is InChI=1S/C24H25FN4O2/c1-31-14-4-8-21-9-10-22(24(30)28-17-19-6-3-12-26-16-19)23(29-21)27-13-11-18-5-2-7-20(25)15-18/h2-10,12,15-16H,11,13-14,17H2,1H3,(H,27,29)(H,28,30). The molecule has 0 atom stereocenters. The quantitative estimate of drug-likeness (QED) is 0.521.